The van der Waals surface area contributed by atoms with E-state index in [1.165, 1.54) is 5.57 Å². The lowest BCUT2D eigenvalue weighted by molar-refractivity contribution is 0.0832. The monoisotopic (exact) mass is 377 g/mol. The highest BCUT2D eigenvalue weighted by Gasteiger charge is 2.40. The highest BCUT2D eigenvalue weighted by molar-refractivity contribution is 5.83. The second-order valence-corrected chi connectivity index (χ2v) is 7.22. The van der Waals surface area contributed by atoms with Crippen LogP contribution in [0.25, 0.3) is 5.57 Å². The van der Waals surface area contributed by atoms with Crippen LogP contribution in [0.4, 0.5) is 4.79 Å². The van der Waals surface area contributed by atoms with Gasteiger partial charge in [0.2, 0.25) is 0 Å². The predicted molar refractivity (Wildman–Crippen MR) is 106 cm³/mol. The molecule has 2 atom stereocenters. The molecule has 2 aromatic carbocycles. The Morgan fingerprint density at radius 2 is 2.00 bits per heavy atom. The van der Waals surface area contributed by atoms with E-state index in [-0.39, 0.29) is 24.8 Å². The average molecular weight is 377 g/mol. The van der Waals surface area contributed by atoms with Gasteiger partial charge in [-0.1, -0.05) is 42.5 Å². The van der Waals surface area contributed by atoms with Crippen molar-refractivity contribution in [1.82, 2.24) is 4.90 Å². The zero-order valence-corrected chi connectivity index (χ0v) is 15.8. The number of ether oxygens (including phenoxy) is 2. The maximum absolute atomic E-state index is 12.7. The van der Waals surface area contributed by atoms with Crippen molar-refractivity contribution in [2.75, 3.05) is 7.11 Å². The Morgan fingerprint density at radius 1 is 1.18 bits per heavy atom. The van der Waals surface area contributed by atoms with Gasteiger partial charge in [-0.3, -0.25) is 9.69 Å². The Bertz CT molecular complexity index is 906. The molecular formula is C23H23NO4. The number of carbonyl (C=O) groups is 2. The molecule has 144 valence electrons. The summed E-state index contributed by atoms with van der Waals surface area (Å²) in [6, 6.07) is 15.5. The first-order valence-corrected chi connectivity index (χ1v) is 9.53. The lowest BCUT2D eigenvalue weighted by Gasteiger charge is -2.33. The van der Waals surface area contributed by atoms with Gasteiger partial charge in [-0.15, -0.1) is 0 Å². The van der Waals surface area contributed by atoms with Crippen LogP contribution in [-0.2, 0) is 11.3 Å². The van der Waals surface area contributed by atoms with E-state index in [4.69, 9.17) is 9.47 Å². The second-order valence-electron chi connectivity index (χ2n) is 7.22. The molecule has 0 spiro atoms. The van der Waals surface area contributed by atoms with Gasteiger partial charge in [0, 0.05) is 6.04 Å². The van der Waals surface area contributed by atoms with Gasteiger partial charge in [-0.05, 0) is 48.1 Å². The molecule has 0 aromatic heterocycles. The summed E-state index contributed by atoms with van der Waals surface area (Å²) in [5, 5.41) is 0. The molecule has 0 aliphatic carbocycles. The summed E-state index contributed by atoms with van der Waals surface area (Å²) in [7, 11) is 1.56. The molecule has 2 unspecified atom stereocenters. The summed E-state index contributed by atoms with van der Waals surface area (Å²) in [6.07, 6.45) is 5.36. The van der Waals surface area contributed by atoms with Crippen molar-refractivity contribution in [2.24, 2.45) is 0 Å². The number of aldehydes is 1. The normalized spacial score (nSPS) is 20.5. The van der Waals surface area contributed by atoms with E-state index in [9.17, 15) is 9.59 Å². The Kier molecular flexibility index (Phi) is 5.15. The molecule has 0 N–H and O–H groups in total. The Balaban J connectivity index is 1.49. The summed E-state index contributed by atoms with van der Waals surface area (Å²) < 4.78 is 10.8. The SMILES string of the molecule is COc1ccc(C2=CC3CCC(C2)N3C(=O)OCc2ccccc2)cc1C=O. The highest BCUT2D eigenvalue weighted by atomic mass is 16.6. The van der Waals surface area contributed by atoms with Gasteiger partial charge in [-0.2, -0.15) is 0 Å². The molecule has 1 saturated heterocycles. The first kappa shape index (κ1) is 18.3. The quantitative estimate of drug-likeness (QED) is 0.722. The van der Waals surface area contributed by atoms with E-state index in [2.05, 4.69) is 6.08 Å². The molecule has 2 aliphatic rings. The Morgan fingerprint density at radius 3 is 2.71 bits per heavy atom. The summed E-state index contributed by atoms with van der Waals surface area (Å²) in [6.45, 7) is 0.285. The zero-order chi connectivity index (χ0) is 19.5. The third-order valence-corrected chi connectivity index (χ3v) is 5.54. The fourth-order valence-corrected chi connectivity index (χ4v) is 4.15. The van der Waals surface area contributed by atoms with E-state index in [0.717, 1.165) is 36.7 Å². The number of methoxy groups -OCH3 is 1. The zero-order valence-electron chi connectivity index (χ0n) is 15.8. The van der Waals surface area contributed by atoms with Crippen LogP contribution in [-0.4, -0.2) is 36.5 Å². The fraction of sp³-hybridized carbons (Fsp3) is 0.304. The molecular weight excluding hydrogens is 354 g/mol. The molecule has 4 rings (SSSR count). The van der Waals surface area contributed by atoms with Gasteiger partial charge in [0.1, 0.15) is 12.4 Å². The number of nitrogens with zero attached hydrogens (tertiary/aromatic N) is 1. The summed E-state index contributed by atoms with van der Waals surface area (Å²) in [5.41, 5.74) is 3.71. The van der Waals surface area contributed by atoms with Crippen molar-refractivity contribution < 1.29 is 19.1 Å². The second kappa shape index (κ2) is 7.89. The number of hydrogen-bond donors (Lipinski definition) is 0. The van der Waals surface area contributed by atoms with Crippen LogP contribution in [0.3, 0.4) is 0 Å². The average Bonchev–Trinajstić information content (AvgIpc) is 3.01. The molecule has 2 aromatic rings. The minimum atomic E-state index is -0.255. The molecule has 5 nitrogen and oxygen atoms in total. The van der Waals surface area contributed by atoms with Crippen molar-refractivity contribution in [3.05, 3.63) is 71.3 Å². The number of benzene rings is 2. The van der Waals surface area contributed by atoms with Crippen LogP contribution >= 0.6 is 0 Å². The van der Waals surface area contributed by atoms with Crippen LogP contribution in [0, 0.1) is 0 Å². The third-order valence-electron chi connectivity index (χ3n) is 5.54. The molecule has 0 saturated carbocycles. The van der Waals surface area contributed by atoms with Crippen LogP contribution in [0.1, 0.15) is 40.7 Å². The van der Waals surface area contributed by atoms with Gasteiger partial charge in [0.25, 0.3) is 0 Å². The molecule has 2 aliphatic heterocycles. The van der Waals surface area contributed by atoms with Crippen LogP contribution in [0.15, 0.2) is 54.6 Å². The topological polar surface area (TPSA) is 55.8 Å². The Labute approximate surface area is 164 Å². The van der Waals surface area contributed by atoms with Gasteiger partial charge < -0.3 is 9.47 Å². The predicted octanol–water partition coefficient (Wildman–Crippen LogP) is 4.46. The standard InChI is InChI=1S/C23H23NO4/c1-27-22-10-7-17(11-19(22)14-25)18-12-20-8-9-21(13-18)24(20)23(26)28-15-16-5-3-2-4-6-16/h2-7,10-12,14,20-21H,8-9,13,15H2,1H3. The summed E-state index contributed by atoms with van der Waals surface area (Å²) in [5.74, 6) is 0.573. The minimum absolute atomic E-state index is 0.0406. The van der Waals surface area contributed by atoms with Crippen LogP contribution < -0.4 is 4.74 Å². The van der Waals surface area contributed by atoms with Crippen LogP contribution in [0.2, 0.25) is 0 Å². The smallest absolute Gasteiger partial charge is 0.410 e. The number of fused-ring (bicyclic) bond motifs is 2. The van der Waals surface area contributed by atoms with Gasteiger partial charge >= 0.3 is 6.09 Å². The largest absolute Gasteiger partial charge is 0.496 e. The van der Waals surface area contributed by atoms with Gasteiger partial charge in [0.15, 0.2) is 6.29 Å². The highest BCUT2D eigenvalue weighted by Crippen LogP contribution is 2.39. The lowest BCUT2D eigenvalue weighted by atomic mass is 9.94. The molecule has 0 radical (unpaired) electrons. The maximum Gasteiger partial charge on any atom is 0.410 e. The van der Waals surface area contributed by atoms with Gasteiger partial charge in [-0.25, -0.2) is 4.79 Å². The number of carbonyl (C=O) groups excluding carboxylic acids is 2. The van der Waals surface area contributed by atoms with Crippen LogP contribution in [0.5, 0.6) is 5.75 Å². The number of amides is 1. The molecule has 5 heteroatoms. The van der Waals surface area contributed by atoms with Gasteiger partial charge in [0.05, 0.1) is 18.7 Å². The van der Waals surface area contributed by atoms with E-state index in [0.29, 0.717) is 11.3 Å². The van der Waals surface area contributed by atoms with E-state index >= 15 is 0 Å². The van der Waals surface area contributed by atoms with Crippen molar-refractivity contribution in [3.8, 4) is 5.75 Å². The maximum atomic E-state index is 12.7. The van der Waals surface area contributed by atoms with E-state index < -0.39 is 0 Å². The number of rotatable bonds is 5. The van der Waals surface area contributed by atoms with Crippen molar-refractivity contribution in [2.45, 2.75) is 38.0 Å². The molecule has 2 bridgehead atoms. The molecule has 28 heavy (non-hydrogen) atoms. The first-order chi connectivity index (χ1) is 13.7. The summed E-state index contributed by atoms with van der Waals surface area (Å²) >= 11 is 0. The Hall–Kier alpha value is -3.08. The minimum Gasteiger partial charge on any atom is -0.496 e. The van der Waals surface area contributed by atoms with Crippen molar-refractivity contribution in [1.29, 1.82) is 0 Å². The molecule has 2 heterocycles. The van der Waals surface area contributed by atoms with E-state index in [1.54, 1.807) is 7.11 Å². The molecule has 1 fully saturated rings. The molecule has 1 amide bonds. The van der Waals surface area contributed by atoms with Crippen molar-refractivity contribution in [3.63, 3.8) is 0 Å². The number of hydrogen-bond acceptors (Lipinski definition) is 4. The summed E-state index contributed by atoms with van der Waals surface area (Å²) in [4.78, 5) is 25.9. The lowest BCUT2D eigenvalue weighted by Crippen LogP contribution is -2.43. The van der Waals surface area contributed by atoms with Crippen molar-refractivity contribution >= 4 is 18.0 Å². The fourth-order valence-electron chi connectivity index (χ4n) is 4.15. The third kappa shape index (κ3) is 3.52. The van der Waals surface area contributed by atoms with E-state index in [1.807, 2.05) is 53.4 Å². The first-order valence-electron chi connectivity index (χ1n) is 9.53.